The molecule has 0 N–H and O–H groups in total. The second-order valence-electron chi connectivity index (χ2n) is 7.69. The van der Waals surface area contributed by atoms with E-state index in [4.69, 9.17) is 45.5 Å². The molecule has 0 amide bonds. The monoisotopic (exact) mass is 514 g/mol. The molecule has 0 aromatic carbocycles. The number of ether oxygens (including phenoxy) is 4. The molecule has 4 unspecified atom stereocenters. The van der Waals surface area contributed by atoms with E-state index in [0.29, 0.717) is 39.1 Å². The zero-order chi connectivity index (χ0) is 24.7. The molecule has 2 fully saturated rings. The van der Waals surface area contributed by atoms with Gasteiger partial charge in [0.25, 0.3) is 0 Å². The first-order valence-corrected chi connectivity index (χ1v) is 15.6. The van der Waals surface area contributed by atoms with Crippen LogP contribution >= 0.6 is 0 Å². The van der Waals surface area contributed by atoms with Gasteiger partial charge in [-0.3, -0.25) is 0 Å². The summed E-state index contributed by atoms with van der Waals surface area (Å²) in [4.78, 5) is 0. The largest absolute Gasteiger partial charge is 0.531 e. The average molecular weight is 515 g/mol. The number of hydrogen-bond donors (Lipinski definition) is 0. The van der Waals surface area contributed by atoms with Gasteiger partial charge < -0.3 is 45.5 Å². The van der Waals surface area contributed by atoms with Crippen molar-refractivity contribution in [3.05, 3.63) is 0 Å². The smallest absolute Gasteiger partial charge is 0.377 e. The van der Waals surface area contributed by atoms with Crippen LogP contribution in [0, 0.1) is 0 Å². The van der Waals surface area contributed by atoms with Crippen LogP contribution in [0.5, 0.6) is 0 Å². The second kappa shape index (κ2) is 16.7. The third kappa shape index (κ3) is 11.5. The van der Waals surface area contributed by atoms with Crippen LogP contribution in [0.15, 0.2) is 0 Å². The molecule has 2 aliphatic heterocycles. The molecule has 4 atom stereocenters. The van der Waals surface area contributed by atoms with Crippen molar-refractivity contribution >= 4 is 17.6 Å². The summed E-state index contributed by atoms with van der Waals surface area (Å²) in [6, 6.07) is 0.656. The van der Waals surface area contributed by atoms with E-state index < -0.39 is 17.6 Å². The molecular formula is C21H46O10Si2. The van der Waals surface area contributed by atoms with E-state index in [1.54, 1.807) is 21.3 Å². The van der Waals surface area contributed by atoms with Gasteiger partial charge in [-0.25, -0.2) is 0 Å². The molecule has 33 heavy (non-hydrogen) atoms. The van der Waals surface area contributed by atoms with E-state index in [2.05, 4.69) is 6.92 Å². The summed E-state index contributed by atoms with van der Waals surface area (Å²) in [5.41, 5.74) is -0.110. The van der Waals surface area contributed by atoms with Gasteiger partial charge in [0, 0.05) is 47.2 Å². The van der Waals surface area contributed by atoms with Crippen LogP contribution in [-0.2, 0) is 45.5 Å². The first-order valence-electron chi connectivity index (χ1n) is 11.9. The van der Waals surface area contributed by atoms with Crippen LogP contribution in [0.1, 0.15) is 41.0 Å². The van der Waals surface area contributed by atoms with Crippen molar-refractivity contribution in [1.29, 1.82) is 0 Å². The molecule has 0 bridgehead atoms. The second-order valence-corrected chi connectivity index (χ2v) is 13.4. The summed E-state index contributed by atoms with van der Waals surface area (Å²) in [5.74, 6) is 0. The molecule has 2 aliphatic rings. The third-order valence-corrected chi connectivity index (χ3v) is 11.5. The van der Waals surface area contributed by atoms with Gasteiger partial charge in [-0.05, 0) is 34.1 Å². The minimum atomic E-state index is -2.74. The number of epoxide rings is 2. The predicted molar refractivity (Wildman–Crippen MR) is 127 cm³/mol. The van der Waals surface area contributed by atoms with E-state index in [0.717, 1.165) is 19.6 Å². The van der Waals surface area contributed by atoms with Crippen LogP contribution in [0.2, 0.25) is 6.04 Å². The fourth-order valence-corrected chi connectivity index (χ4v) is 7.85. The Balaban J connectivity index is 0.000000335. The Morgan fingerprint density at radius 3 is 1.52 bits per heavy atom. The standard InChI is InChI=1S/C12H26O5Si.C9H20O5Si/c1-5-12(14-10-11-9-13-11)18(15-6-2,16-7-3)17-8-4;1-8(13-5-9-6-14-9)7-15(10-2,11-3)12-4/h11-12H,5-10H2,1-4H3;8-9H,5-7H2,1-4H3. The Labute approximate surface area is 202 Å². The Hall–Kier alpha value is 0.0338. The number of hydrogen-bond acceptors (Lipinski definition) is 10. The maximum Gasteiger partial charge on any atom is 0.531 e. The van der Waals surface area contributed by atoms with Crippen molar-refractivity contribution in [2.75, 3.05) is 67.6 Å². The molecule has 0 spiro atoms. The summed E-state index contributed by atoms with van der Waals surface area (Å²) in [6.45, 7) is 14.5. The van der Waals surface area contributed by atoms with Gasteiger partial charge in [-0.2, -0.15) is 0 Å². The van der Waals surface area contributed by atoms with E-state index in [1.807, 2.05) is 27.7 Å². The normalized spacial score (nSPS) is 21.8. The first-order chi connectivity index (χ1) is 15.9. The van der Waals surface area contributed by atoms with Gasteiger partial charge in [0.15, 0.2) is 0 Å². The molecule has 2 rings (SSSR count). The van der Waals surface area contributed by atoms with Gasteiger partial charge in [0.2, 0.25) is 0 Å². The highest BCUT2D eigenvalue weighted by Gasteiger charge is 2.50. The summed E-state index contributed by atoms with van der Waals surface area (Å²) in [5, 5.41) is 0. The maximum atomic E-state index is 5.90. The fourth-order valence-electron chi connectivity index (χ4n) is 3.21. The summed E-state index contributed by atoms with van der Waals surface area (Å²) >= 11 is 0. The Kier molecular flexibility index (Phi) is 15.7. The van der Waals surface area contributed by atoms with E-state index in [9.17, 15) is 0 Å². The van der Waals surface area contributed by atoms with Crippen LogP contribution < -0.4 is 0 Å². The maximum absolute atomic E-state index is 5.90. The fraction of sp³-hybridized carbons (Fsp3) is 1.00. The molecule has 2 saturated heterocycles. The van der Waals surface area contributed by atoms with Crippen molar-refractivity contribution in [1.82, 2.24) is 0 Å². The lowest BCUT2D eigenvalue weighted by molar-refractivity contribution is -0.0147. The minimum Gasteiger partial charge on any atom is -0.377 e. The van der Waals surface area contributed by atoms with Crippen LogP contribution in [-0.4, -0.2) is 109 Å². The molecule has 0 aliphatic carbocycles. The molecule has 0 aromatic rings. The highest BCUT2D eigenvalue weighted by molar-refractivity contribution is 6.62. The summed E-state index contributed by atoms with van der Waals surface area (Å²) in [6.07, 6.45) is 1.41. The lowest BCUT2D eigenvalue weighted by Crippen LogP contribution is -2.57. The van der Waals surface area contributed by atoms with Crippen molar-refractivity contribution < 1.29 is 45.5 Å². The Morgan fingerprint density at radius 2 is 1.18 bits per heavy atom. The van der Waals surface area contributed by atoms with Crippen LogP contribution in [0.4, 0.5) is 0 Å². The summed E-state index contributed by atoms with van der Waals surface area (Å²) in [7, 11) is -0.418. The lowest BCUT2D eigenvalue weighted by atomic mass is 10.4. The van der Waals surface area contributed by atoms with Gasteiger partial charge in [-0.1, -0.05) is 6.92 Å². The molecular weight excluding hydrogens is 468 g/mol. The number of rotatable bonds is 19. The quantitative estimate of drug-likeness (QED) is 0.189. The first kappa shape index (κ1) is 31.1. The molecule has 0 aromatic heterocycles. The zero-order valence-electron chi connectivity index (χ0n) is 21.8. The molecule has 10 nitrogen and oxygen atoms in total. The van der Waals surface area contributed by atoms with E-state index in [1.165, 1.54) is 0 Å². The van der Waals surface area contributed by atoms with Gasteiger partial charge in [-0.15, -0.1) is 0 Å². The van der Waals surface area contributed by atoms with Crippen LogP contribution in [0.25, 0.3) is 0 Å². The topological polar surface area (TPSA) is 98.9 Å². The highest BCUT2D eigenvalue weighted by atomic mass is 28.4. The molecule has 0 saturated carbocycles. The SMILES string of the molecule is CCO[Si](OCC)(OCC)C(CC)OCC1CO1.CO[Si](CC(C)OCC1CO1)(OC)OC. The van der Waals surface area contributed by atoms with E-state index in [-0.39, 0.29) is 24.0 Å². The van der Waals surface area contributed by atoms with Gasteiger partial charge in [0.1, 0.15) is 17.9 Å². The lowest BCUT2D eigenvalue weighted by Gasteiger charge is -2.34. The molecule has 12 heteroatoms. The third-order valence-electron chi connectivity index (χ3n) is 5.13. The van der Waals surface area contributed by atoms with Crippen molar-refractivity contribution in [2.45, 2.75) is 71.1 Å². The van der Waals surface area contributed by atoms with Crippen molar-refractivity contribution in [3.63, 3.8) is 0 Å². The molecule has 2 heterocycles. The Morgan fingerprint density at radius 1 is 0.758 bits per heavy atom. The Bertz CT molecular complexity index is 464. The minimum absolute atomic E-state index is 0.0562. The highest BCUT2D eigenvalue weighted by Crippen LogP contribution is 2.22. The van der Waals surface area contributed by atoms with Crippen molar-refractivity contribution in [2.24, 2.45) is 0 Å². The average Bonchev–Trinajstić information content (AvgIpc) is 3.73. The molecule has 198 valence electrons. The summed E-state index contributed by atoms with van der Waals surface area (Å²) < 4.78 is 55.2. The van der Waals surface area contributed by atoms with Crippen LogP contribution in [0.3, 0.4) is 0 Å². The van der Waals surface area contributed by atoms with Gasteiger partial charge >= 0.3 is 17.6 Å². The van der Waals surface area contributed by atoms with Crippen molar-refractivity contribution in [3.8, 4) is 0 Å². The van der Waals surface area contributed by atoms with Gasteiger partial charge in [0.05, 0.1) is 32.5 Å². The predicted octanol–water partition coefficient (Wildman–Crippen LogP) is 2.44. The molecule has 0 radical (unpaired) electrons. The van der Waals surface area contributed by atoms with E-state index >= 15 is 0 Å². The zero-order valence-corrected chi connectivity index (χ0v) is 23.8.